The molecule has 0 aromatic heterocycles. The number of para-hydroxylation sites is 1. The van der Waals surface area contributed by atoms with Crippen LogP contribution in [0.15, 0.2) is 35.0 Å². The molecule has 0 spiro atoms. The summed E-state index contributed by atoms with van der Waals surface area (Å²) in [6.45, 7) is 12.2. The zero-order chi connectivity index (χ0) is 17.5. The number of unbranched alkanes of at least 4 members (excludes halogenated alkanes) is 1. The van der Waals surface area contributed by atoms with Crippen LogP contribution in [0.25, 0.3) is 5.32 Å². The van der Waals surface area contributed by atoms with Gasteiger partial charge in [0.15, 0.2) is 0 Å². The molecule has 1 aromatic carbocycles. The summed E-state index contributed by atoms with van der Waals surface area (Å²) in [5.74, 6) is 0.965. The Labute approximate surface area is 195 Å². The number of rotatable bonds is 7. The first-order chi connectivity index (χ1) is 11.5. The van der Waals surface area contributed by atoms with Gasteiger partial charge in [0, 0.05) is 5.71 Å². The van der Waals surface area contributed by atoms with E-state index >= 15 is 0 Å². The van der Waals surface area contributed by atoms with Crippen LogP contribution >= 0.6 is 0 Å². The van der Waals surface area contributed by atoms with E-state index in [-0.39, 0.29) is 48.1 Å². The van der Waals surface area contributed by atoms with E-state index in [1.54, 1.807) is 0 Å². The van der Waals surface area contributed by atoms with Crippen molar-refractivity contribution < 1.29 is 25.8 Å². The Bertz CT molecular complexity index is 574. The van der Waals surface area contributed by atoms with E-state index in [0.717, 1.165) is 31.5 Å². The van der Waals surface area contributed by atoms with Gasteiger partial charge in [0.2, 0.25) is 0 Å². The molecule has 0 aliphatic heterocycles. The van der Waals surface area contributed by atoms with Gasteiger partial charge < -0.3 is 27.6 Å². The topological polar surface area (TPSA) is 26.5 Å². The van der Waals surface area contributed by atoms with Crippen molar-refractivity contribution in [2.75, 3.05) is 6.54 Å². The van der Waals surface area contributed by atoms with Crippen molar-refractivity contribution in [1.29, 1.82) is 0 Å². The van der Waals surface area contributed by atoms with Crippen LogP contribution in [0.3, 0.4) is 0 Å². The molecular formula is C25H42HfN2. The van der Waals surface area contributed by atoms with Crippen LogP contribution in [0.1, 0.15) is 89.7 Å². The fourth-order valence-electron chi connectivity index (χ4n) is 3.16. The molecule has 1 aliphatic carbocycles. The summed E-state index contributed by atoms with van der Waals surface area (Å²) in [4.78, 5) is 5.18. The second-order valence-electron chi connectivity index (χ2n) is 7.37. The Morgan fingerprint density at radius 3 is 2.07 bits per heavy atom. The Morgan fingerprint density at radius 2 is 1.57 bits per heavy atom. The predicted molar refractivity (Wildman–Crippen MR) is 126 cm³/mol. The van der Waals surface area contributed by atoms with Gasteiger partial charge in [0.1, 0.15) is 0 Å². The Morgan fingerprint density at radius 1 is 1.00 bits per heavy atom. The van der Waals surface area contributed by atoms with Crippen molar-refractivity contribution in [3.05, 3.63) is 68.7 Å². The quantitative estimate of drug-likeness (QED) is 0.185. The van der Waals surface area contributed by atoms with Crippen LogP contribution in [0.4, 0.5) is 5.69 Å². The van der Waals surface area contributed by atoms with E-state index in [1.807, 2.05) is 0 Å². The molecule has 0 saturated carbocycles. The molecule has 1 aromatic rings. The van der Waals surface area contributed by atoms with Gasteiger partial charge >= 0.3 is 25.8 Å². The zero-order valence-corrected chi connectivity index (χ0v) is 23.2. The fraction of sp³-hybridized carbons (Fsp3) is 0.520. The van der Waals surface area contributed by atoms with Crippen molar-refractivity contribution in [3.63, 3.8) is 0 Å². The molecule has 2 nitrogen and oxygen atoms in total. The summed E-state index contributed by atoms with van der Waals surface area (Å²) in [6, 6.07) is 6.64. The van der Waals surface area contributed by atoms with Crippen LogP contribution in [0.5, 0.6) is 0 Å². The predicted octanol–water partition coefficient (Wildman–Crippen LogP) is 8.60. The second kappa shape index (κ2) is 16.1. The zero-order valence-electron chi connectivity index (χ0n) is 19.6. The maximum Gasteiger partial charge on any atom is 4.00 e. The first-order valence-corrected chi connectivity index (χ1v) is 9.63. The van der Waals surface area contributed by atoms with Gasteiger partial charge in [-0.25, -0.2) is 0 Å². The third-order valence-corrected chi connectivity index (χ3v) is 4.63. The summed E-state index contributed by atoms with van der Waals surface area (Å²) in [5.41, 5.74) is 6.23. The molecule has 2 rings (SSSR count). The third kappa shape index (κ3) is 8.76. The van der Waals surface area contributed by atoms with E-state index < -0.39 is 0 Å². The summed E-state index contributed by atoms with van der Waals surface area (Å²) >= 11 is 0. The van der Waals surface area contributed by atoms with Gasteiger partial charge in [0.25, 0.3) is 0 Å². The van der Waals surface area contributed by atoms with E-state index in [9.17, 15) is 0 Å². The summed E-state index contributed by atoms with van der Waals surface area (Å²) in [6.07, 6.45) is 8.00. The van der Waals surface area contributed by atoms with E-state index in [0.29, 0.717) is 11.8 Å². The van der Waals surface area contributed by atoms with Gasteiger partial charge in [-0.2, -0.15) is 0 Å². The summed E-state index contributed by atoms with van der Waals surface area (Å²) in [7, 11) is 0. The molecule has 0 unspecified atom stereocenters. The largest absolute Gasteiger partial charge is 4.00 e. The standard InChI is InChI=1S/C22H33N2.3CH3.Hf/c1-6-7-15-23-20-13-8-9-14-21(20)24-22-18(16(2)3)11-10-12-19(22)17(4)5;;;;/h10-13,16-17H,6-9,14-15H2,1-5H3;3*1H3;/q4*-1;+4. The molecule has 0 heterocycles. The molecule has 3 heteroatoms. The number of hydrogen-bond donors (Lipinski definition) is 0. The molecule has 0 N–H and O–H groups in total. The number of benzene rings is 1. The summed E-state index contributed by atoms with van der Waals surface area (Å²) in [5, 5.41) is 4.83. The average Bonchev–Trinajstić information content (AvgIpc) is 2.56. The molecular weight excluding hydrogens is 507 g/mol. The van der Waals surface area contributed by atoms with E-state index in [1.165, 1.54) is 35.4 Å². The van der Waals surface area contributed by atoms with Crippen LogP contribution in [-0.4, -0.2) is 12.3 Å². The van der Waals surface area contributed by atoms with E-state index in [4.69, 9.17) is 10.3 Å². The summed E-state index contributed by atoms with van der Waals surface area (Å²) < 4.78 is 0. The SMILES string of the molecule is CCCC[N-]C1=CCCCC1=Nc1c(C(C)C)cccc1C(C)C.[CH3-].[CH3-].[CH3-].[Hf+4]. The van der Waals surface area contributed by atoms with Crippen LogP contribution < -0.4 is 0 Å². The first-order valence-electron chi connectivity index (χ1n) is 9.63. The first kappa shape index (κ1) is 32.0. The minimum absolute atomic E-state index is 0. The number of allylic oxidation sites excluding steroid dienone is 2. The van der Waals surface area contributed by atoms with Crippen LogP contribution in [0.2, 0.25) is 0 Å². The molecule has 28 heavy (non-hydrogen) atoms. The minimum Gasteiger partial charge on any atom is -0.683 e. The van der Waals surface area contributed by atoms with Crippen LogP contribution in [0, 0.1) is 22.3 Å². The van der Waals surface area contributed by atoms with Crippen molar-refractivity contribution in [1.82, 2.24) is 0 Å². The van der Waals surface area contributed by atoms with Crippen molar-refractivity contribution in [2.45, 2.75) is 78.6 Å². The monoisotopic (exact) mass is 550 g/mol. The number of nitrogens with zero attached hydrogens (tertiary/aromatic N) is 2. The third-order valence-electron chi connectivity index (χ3n) is 4.63. The van der Waals surface area contributed by atoms with Gasteiger partial charge in [-0.15, -0.1) is 12.2 Å². The van der Waals surface area contributed by atoms with Crippen molar-refractivity contribution in [2.24, 2.45) is 4.99 Å². The Kier molecular flexibility index (Phi) is 18.4. The second-order valence-corrected chi connectivity index (χ2v) is 7.37. The van der Waals surface area contributed by atoms with Crippen molar-refractivity contribution in [3.8, 4) is 0 Å². The smallest absolute Gasteiger partial charge is 0.683 e. The molecule has 0 radical (unpaired) electrons. The average molecular weight is 549 g/mol. The van der Waals surface area contributed by atoms with Gasteiger partial charge in [-0.3, -0.25) is 4.99 Å². The van der Waals surface area contributed by atoms with Crippen molar-refractivity contribution >= 4 is 11.4 Å². The Hall–Kier alpha value is -0.700. The Balaban J connectivity index is -0.00000156. The molecule has 0 bridgehead atoms. The van der Waals surface area contributed by atoms with Crippen LogP contribution in [-0.2, 0) is 25.8 Å². The maximum atomic E-state index is 5.18. The van der Waals surface area contributed by atoms with Gasteiger partial charge in [0.05, 0.1) is 5.69 Å². The molecule has 0 atom stereocenters. The van der Waals surface area contributed by atoms with E-state index in [2.05, 4.69) is 58.9 Å². The minimum atomic E-state index is 0. The molecule has 0 fully saturated rings. The normalized spacial score (nSPS) is 14.4. The molecule has 156 valence electrons. The fourth-order valence-corrected chi connectivity index (χ4v) is 3.16. The molecule has 0 saturated heterocycles. The molecule has 1 aliphatic rings. The number of hydrogen-bond acceptors (Lipinski definition) is 1. The van der Waals surface area contributed by atoms with Gasteiger partial charge in [-0.05, 0) is 42.2 Å². The number of aliphatic imine (C=N–C) groups is 1. The molecule has 0 amide bonds. The maximum absolute atomic E-state index is 5.18. The van der Waals surface area contributed by atoms with Gasteiger partial charge in [-0.1, -0.05) is 71.7 Å².